The zero-order valence-electron chi connectivity index (χ0n) is 10.6. The van der Waals surface area contributed by atoms with Gasteiger partial charge in [0.05, 0.1) is 0 Å². The van der Waals surface area contributed by atoms with E-state index in [0.29, 0.717) is 0 Å². The van der Waals surface area contributed by atoms with Gasteiger partial charge in [-0.3, -0.25) is 9.69 Å². The Hall–Kier alpha value is -1.88. The maximum Gasteiger partial charge on any atom is 0.225 e. The molecule has 0 unspecified atom stereocenters. The van der Waals surface area contributed by atoms with Crippen LogP contribution in [-0.2, 0) is 11.2 Å². The van der Waals surface area contributed by atoms with E-state index < -0.39 is 0 Å². The van der Waals surface area contributed by atoms with Crippen molar-refractivity contribution in [2.75, 3.05) is 11.4 Å². The number of carbonyl (C=O) groups excluding carboxylic acids is 1. The number of benzene rings is 1. The van der Waals surface area contributed by atoms with Gasteiger partial charge in [0.25, 0.3) is 0 Å². The summed E-state index contributed by atoms with van der Waals surface area (Å²) in [6, 6.07) is 6.99. The van der Waals surface area contributed by atoms with Crippen LogP contribution >= 0.6 is 11.3 Å². The molecule has 1 aromatic carbocycles. The minimum absolute atomic E-state index is 0.0449. The number of nitrogens with zero attached hydrogens (tertiary/aromatic N) is 2. The Labute approximate surface area is 115 Å². The molecular weight excluding hydrogens is 260 g/mol. The van der Waals surface area contributed by atoms with Crippen LogP contribution in [0.25, 0.3) is 10.6 Å². The lowest BCUT2D eigenvalue weighted by Crippen LogP contribution is -2.33. The highest BCUT2D eigenvalue weighted by Gasteiger charge is 2.24. The molecule has 1 N–H and O–H groups in total. The molecule has 0 saturated heterocycles. The summed E-state index contributed by atoms with van der Waals surface area (Å²) in [5.74, 6) is 1.10. The number of hydrogen-bond donors (Lipinski definition) is 1. The van der Waals surface area contributed by atoms with Crippen LogP contribution in [0, 0.1) is 0 Å². The van der Waals surface area contributed by atoms with Gasteiger partial charge in [-0.2, -0.15) is 0 Å². The van der Waals surface area contributed by atoms with Crippen molar-refractivity contribution in [3.05, 3.63) is 29.1 Å². The van der Waals surface area contributed by atoms with Crippen LogP contribution in [0.4, 0.5) is 5.82 Å². The molecule has 0 spiro atoms. The standard InChI is InChI=1S/C14H14N2O2S/c1-9(17)16-8-2-3-12-13(16)15-14(19-12)10-4-6-11(18)7-5-10/h4-7,18H,2-3,8H2,1H3. The van der Waals surface area contributed by atoms with Gasteiger partial charge in [-0.15, -0.1) is 11.3 Å². The van der Waals surface area contributed by atoms with Crippen molar-refractivity contribution in [3.8, 4) is 16.3 Å². The lowest BCUT2D eigenvalue weighted by Gasteiger charge is -2.23. The van der Waals surface area contributed by atoms with Gasteiger partial charge in [-0.05, 0) is 37.1 Å². The van der Waals surface area contributed by atoms with E-state index in [9.17, 15) is 9.90 Å². The summed E-state index contributed by atoms with van der Waals surface area (Å²) >= 11 is 1.63. The fraction of sp³-hybridized carbons (Fsp3) is 0.286. The quantitative estimate of drug-likeness (QED) is 0.870. The number of aromatic nitrogens is 1. The predicted molar refractivity (Wildman–Crippen MR) is 75.6 cm³/mol. The van der Waals surface area contributed by atoms with Crippen molar-refractivity contribution in [1.82, 2.24) is 4.98 Å². The van der Waals surface area contributed by atoms with E-state index in [1.165, 1.54) is 4.88 Å². The number of phenols is 1. The number of hydrogen-bond acceptors (Lipinski definition) is 4. The third-order valence-corrected chi connectivity index (χ3v) is 4.37. The van der Waals surface area contributed by atoms with Crippen molar-refractivity contribution in [2.24, 2.45) is 0 Å². The highest BCUT2D eigenvalue weighted by molar-refractivity contribution is 7.15. The van der Waals surface area contributed by atoms with Gasteiger partial charge in [-0.1, -0.05) is 0 Å². The van der Waals surface area contributed by atoms with E-state index in [2.05, 4.69) is 4.98 Å². The average Bonchev–Trinajstić information content (AvgIpc) is 2.82. The summed E-state index contributed by atoms with van der Waals surface area (Å²) in [6.07, 6.45) is 1.97. The molecule has 0 aliphatic carbocycles. The van der Waals surface area contributed by atoms with Gasteiger partial charge in [0, 0.05) is 23.9 Å². The third-order valence-electron chi connectivity index (χ3n) is 3.21. The topological polar surface area (TPSA) is 53.4 Å². The highest BCUT2D eigenvalue weighted by Crippen LogP contribution is 2.36. The van der Waals surface area contributed by atoms with Crippen LogP contribution in [0.5, 0.6) is 5.75 Å². The Balaban J connectivity index is 2.02. The van der Waals surface area contributed by atoms with E-state index in [0.717, 1.165) is 35.8 Å². The fourth-order valence-electron chi connectivity index (χ4n) is 2.26. The number of phenolic OH excluding ortho intramolecular Hbond substituents is 1. The Bertz CT molecular complexity index is 619. The zero-order chi connectivity index (χ0) is 13.4. The molecule has 2 aromatic rings. The first-order valence-corrected chi connectivity index (χ1v) is 7.04. The Morgan fingerprint density at radius 2 is 2.11 bits per heavy atom. The lowest BCUT2D eigenvalue weighted by molar-refractivity contribution is -0.116. The number of amides is 1. The maximum absolute atomic E-state index is 11.6. The van der Waals surface area contributed by atoms with E-state index in [-0.39, 0.29) is 11.7 Å². The molecule has 0 radical (unpaired) electrons. The molecule has 1 aliphatic rings. The molecule has 5 heteroatoms. The number of carbonyl (C=O) groups is 1. The summed E-state index contributed by atoms with van der Waals surface area (Å²) in [5.41, 5.74) is 0.973. The van der Waals surface area contributed by atoms with Gasteiger partial charge in [0.1, 0.15) is 16.6 Å². The number of fused-ring (bicyclic) bond motifs is 1. The van der Waals surface area contributed by atoms with Crippen LogP contribution in [0.15, 0.2) is 24.3 Å². The molecule has 2 heterocycles. The molecule has 0 fully saturated rings. The fourth-order valence-corrected chi connectivity index (χ4v) is 3.37. The highest BCUT2D eigenvalue weighted by atomic mass is 32.1. The monoisotopic (exact) mass is 274 g/mol. The maximum atomic E-state index is 11.6. The molecular formula is C14H14N2O2S. The van der Waals surface area contributed by atoms with Crippen LogP contribution in [0.3, 0.4) is 0 Å². The van der Waals surface area contributed by atoms with Crippen molar-refractivity contribution >= 4 is 23.1 Å². The van der Waals surface area contributed by atoms with E-state index >= 15 is 0 Å². The second kappa shape index (κ2) is 4.66. The van der Waals surface area contributed by atoms with Gasteiger partial charge < -0.3 is 5.11 Å². The van der Waals surface area contributed by atoms with E-state index in [1.807, 2.05) is 12.1 Å². The SMILES string of the molecule is CC(=O)N1CCCc2sc(-c3ccc(O)cc3)nc21. The lowest BCUT2D eigenvalue weighted by atomic mass is 10.2. The van der Waals surface area contributed by atoms with Crippen LogP contribution in [0.2, 0.25) is 0 Å². The van der Waals surface area contributed by atoms with Crippen molar-refractivity contribution in [1.29, 1.82) is 0 Å². The first-order valence-electron chi connectivity index (χ1n) is 6.22. The van der Waals surface area contributed by atoms with E-state index in [4.69, 9.17) is 0 Å². The predicted octanol–water partition coefficient (Wildman–Crippen LogP) is 2.81. The largest absolute Gasteiger partial charge is 0.508 e. The zero-order valence-corrected chi connectivity index (χ0v) is 11.4. The molecule has 0 bridgehead atoms. The van der Waals surface area contributed by atoms with Gasteiger partial charge in [-0.25, -0.2) is 4.98 Å². The summed E-state index contributed by atoms with van der Waals surface area (Å²) in [5, 5.41) is 10.2. The number of aromatic hydroxyl groups is 1. The number of thiazole rings is 1. The number of aryl methyl sites for hydroxylation is 1. The molecule has 0 atom stereocenters. The third kappa shape index (κ3) is 2.21. The molecule has 0 saturated carbocycles. The molecule has 4 nitrogen and oxygen atoms in total. The molecule has 1 amide bonds. The number of rotatable bonds is 1. The second-order valence-corrected chi connectivity index (χ2v) is 5.67. The molecule has 98 valence electrons. The smallest absolute Gasteiger partial charge is 0.225 e. The summed E-state index contributed by atoms with van der Waals surface area (Å²) in [7, 11) is 0. The summed E-state index contributed by atoms with van der Waals surface area (Å²) in [6.45, 7) is 2.33. The molecule has 19 heavy (non-hydrogen) atoms. The first kappa shape index (κ1) is 12.2. The summed E-state index contributed by atoms with van der Waals surface area (Å²) < 4.78 is 0. The van der Waals surface area contributed by atoms with Crippen molar-refractivity contribution in [3.63, 3.8) is 0 Å². The minimum atomic E-state index is 0.0449. The Morgan fingerprint density at radius 3 is 2.79 bits per heavy atom. The average molecular weight is 274 g/mol. The van der Waals surface area contributed by atoms with Gasteiger partial charge >= 0.3 is 0 Å². The van der Waals surface area contributed by atoms with E-state index in [1.54, 1.807) is 35.3 Å². The van der Waals surface area contributed by atoms with Crippen molar-refractivity contribution in [2.45, 2.75) is 19.8 Å². The van der Waals surface area contributed by atoms with Crippen molar-refractivity contribution < 1.29 is 9.90 Å². The number of anilines is 1. The first-order chi connectivity index (χ1) is 9.15. The summed E-state index contributed by atoms with van der Waals surface area (Å²) in [4.78, 5) is 19.1. The molecule has 3 rings (SSSR count). The molecule has 1 aromatic heterocycles. The molecule has 1 aliphatic heterocycles. The second-order valence-electron chi connectivity index (χ2n) is 4.59. The minimum Gasteiger partial charge on any atom is -0.508 e. The van der Waals surface area contributed by atoms with Crippen LogP contribution < -0.4 is 4.90 Å². The van der Waals surface area contributed by atoms with Crippen LogP contribution in [0.1, 0.15) is 18.2 Å². The van der Waals surface area contributed by atoms with Gasteiger partial charge in [0.2, 0.25) is 5.91 Å². The van der Waals surface area contributed by atoms with Gasteiger partial charge in [0.15, 0.2) is 0 Å². The Kier molecular flexibility index (Phi) is 2.98. The Morgan fingerprint density at radius 1 is 1.37 bits per heavy atom. The van der Waals surface area contributed by atoms with Crippen LogP contribution in [-0.4, -0.2) is 22.5 Å². The normalized spacial score (nSPS) is 14.3.